The number of hydrogen-bond acceptors (Lipinski definition) is 5. The molecule has 0 fully saturated rings. The number of carbonyl (C=O) groups is 1. The van der Waals surface area contributed by atoms with Crippen LogP contribution in [0.4, 0.5) is 0 Å². The van der Waals surface area contributed by atoms with Crippen LogP contribution in [0.25, 0.3) is 0 Å². The van der Waals surface area contributed by atoms with Gasteiger partial charge in [-0.3, -0.25) is 0 Å². The molecule has 1 N–H and O–H groups in total. The van der Waals surface area contributed by atoms with E-state index in [2.05, 4.69) is 9.97 Å². The molecule has 1 aromatic heterocycles. The van der Waals surface area contributed by atoms with Crippen LogP contribution in [0.3, 0.4) is 0 Å². The fourth-order valence-electron chi connectivity index (χ4n) is 3.03. The third-order valence-corrected chi connectivity index (χ3v) is 4.17. The van der Waals surface area contributed by atoms with E-state index in [4.69, 9.17) is 16.3 Å². The van der Waals surface area contributed by atoms with Crippen LogP contribution in [0.5, 0.6) is 6.01 Å². The van der Waals surface area contributed by atoms with E-state index < -0.39 is 47.9 Å². The number of carboxylic acids is 1. The molecule has 0 spiro atoms. The molecule has 1 heterocycles. The van der Waals surface area contributed by atoms with E-state index in [9.17, 15) is 9.90 Å². The molecular formula is C22H22N2O4. The van der Waals surface area contributed by atoms with Gasteiger partial charge in [0, 0.05) is 18.5 Å². The first-order chi connectivity index (χ1) is 15.5. The molecule has 0 amide bonds. The van der Waals surface area contributed by atoms with Crippen LogP contribution in [0.2, 0.25) is 0 Å². The van der Waals surface area contributed by atoms with Crippen molar-refractivity contribution in [3.63, 3.8) is 0 Å². The summed E-state index contributed by atoms with van der Waals surface area (Å²) >= 11 is 0. The van der Waals surface area contributed by atoms with Gasteiger partial charge in [-0.15, -0.1) is 0 Å². The second-order valence-electron chi connectivity index (χ2n) is 6.08. The predicted octanol–water partition coefficient (Wildman–Crippen LogP) is 3.52. The van der Waals surface area contributed by atoms with Crippen LogP contribution < -0.4 is 4.74 Å². The minimum Gasteiger partial charge on any atom is -0.478 e. The van der Waals surface area contributed by atoms with E-state index in [1.165, 1.54) is 19.2 Å². The van der Waals surface area contributed by atoms with Crippen molar-refractivity contribution in [3.05, 3.63) is 89.1 Å². The summed E-state index contributed by atoms with van der Waals surface area (Å²) in [6, 6.07) is 6.33. The number of aryl methyl sites for hydroxylation is 2. The average Bonchev–Trinajstić information content (AvgIpc) is 2.78. The molecule has 0 radical (unpaired) electrons. The van der Waals surface area contributed by atoms with Gasteiger partial charge in [0.1, 0.15) is 0 Å². The summed E-state index contributed by atoms with van der Waals surface area (Å²) in [7, 11) is 1.19. The minimum absolute atomic E-state index is 0.211. The van der Waals surface area contributed by atoms with Crippen LogP contribution in [-0.2, 0) is 15.1 Å². The number of aromatic nitrogens is 2. The predicted molar refractivity (Wildman–Crippen MR) is 104 cm³/mol. The number of hydrogen-bond donors (Lipinski definition) is 1. The number of benzene rings is 2. The van der Waals surface area contributed by atoms with E-state index in [1.807, 2.05) is 0 Å². The van der Waals surface area contributed by atoms with Gasteiger partial charge >= 0.3 is 12.0 Å². The zero-order valence-electron chi connectivity index (χ0n) is 20.6. The van der Waals surface area contributed by atoms with Crippen molar-refractivity contribution in [1.29, 1.82) is 0 Å². The standard InChI is InChI=1S/C22H22N2O4/c1-15-14-16(2)24-21(23-15)28-19(20(25)26)22(27-3,17-10-6-4-7-11-17)18-12-8-5-9-13-18/h4-14,19H,1-3H3,(H,25,26)/i4D,6D,7D,10D,11D. The zero-order chi connectivity index (χ0) is 24.5. The number of nitrogens with zero attached hydrogens (tertiary/aromatic N) is 2. The topological polar surface area (TPSA) is 81.5 Å². The van der Waals surface area contributed by atoms with E-state index in [0.717, 1.165) is 0 Å². The summed E-state index contributed by atoms with van der Waals surface area (Å²) in [5, 5.41) is 10.2. The highest BCUT2D eigenvalue weighted by molar-refractivity contribution is 5.76. The Morgan fingerprint density at radius 3 is 2.21 bits per heavy atom. The fourth-order valence-corrected chi connectivity index (χ4v) is 3.03. The maximum Gasteiger partial charge on any atom is 0.348 e. The van der Waals surface area contributed by atoms with E-state index in [-0.39, 0.29) is 17.1 Å². The first kappa shape index (κ1) is 13.8. The highest BCUT2D eigenvalue weighted by atomic mass is 16.6. The largest absolute Gasteiger partial charge is 0.478 e. The van der Waals surface area contributed by atoms with Gasteiger partial charge in [-0.2, -0.15) is 0 Å². The Morgan fingerprint density at radius 1 is 1.07 bits per heavy atom. The molecule has 28 heavy (non-hydrogen) atoms. The molecule has 2 unspecified atom stereocenters. The fraction of sp³-hybridized carbons (Fsp3) is 0.227. The van der Waals surface area contributed by atoms with Crippen molar-refractivity contribution in [2.75, 3.05) is 7.11 Å². The van der Waals surface area contributed by atoms with Gasteiger partial charge in [-0.1, -0.05) is 60.5 Å². The van der Waals surface area contributed by atoms with Crippen LogP contribution in [0, 0.1) is 13.8 Å². The van der Waals surface area contributed by atoms with Crippen molar-refractivity contribution < 1.29 is 26.2 Å². The van der Waals surface area contributed by atoms with Crippen molar-refractivity contribution in [3.8, 4) is 6.01 Å². The van der Waals surface area contributed by atoms with E-state index >= 15 is 0 Å². The Hall–Kier alpha value is -3.25. The van der Waals surface area contributed by atoms with Crippen LogP contribution in [0.15, 0.2) is 66.6 Å². The molecule has 0 saturated heterocycles. The molecule has 0 bridgehead atoms. The quantitative estimate of drug-likeness (QED) is 0.672. The summed E-state index contributed by atoms with van der Waals surface area (Å²) in [5.41, 5.74) is -1.23. The van der Waals surface area contributed by atoms with Crippen molar-refractivity contribution in [2.45, 2.75) is 25.6 Å². The lowest BCUT2D eigenvalue weighted by atomic mass is 9.81. The molecule has 3 aromatic rings. The van der Waals surface area contributed by atoms with Gasteiger partial charge in [0.25, 0.3) is 0 Å². The Morgan fingerprint density at radius 2 is 1.68 bits per heavy atom. The lowest BCUT2D eigenvalue weighted by Gasteiger charge is -2.37. The molecule has 144 valence electrons. The second-order valence-corrected chi connectivity index (χ2v) is 6.08. The highest BCUT2D eigenvalue weighted by Crippen LogP contribution is 2.38. The summed E-state index contributed by atoms with van der Waals surface area (Å²) in [4.78, 5) is 20.8. The summed E-state index contributed by atoms with van der Waals surface area (Å²) in [5.74, 6) is -1.50. The molecule has 2 atom stereocenters. The van der Waals surface area contributed by atoms with Crippen molar-refractivity contribution >= 4 is 5.97 Å². The minimum atomic E-state index is -2.14. The molecule has 6 heteroatoms. The number of carboxylic acid groups (broad SMARTS) is 1. The molecule has 2 aromatic carbocycles. The zero-order valence-corrected chi connectivity index (χ0v) is 15.6. The lowest BCUT2D eigenvalue weighted by molar-refractivity contribution is -0.160. The first-order valence-corrected chi connectivity index (χ1v) is 8.44. The SMILES string of the molecule is [2H]c1c([2H])c([2H])c(C(OC)(c2ccccc2)C(Oc2nc(C)cc(C)n2)C(=O)O)c([2H])c1[2H]. The number of methoxy groups -OCH3 is 1. The molecule has 6 nitrogen and oxygen atoms in total. The van der Waals surface area contributed by atoms with Gasteiger partial charge < -0.3 is 14.6 Å². The Bertz CT molecular complexity index is 1160. The van der Waals surface area contributed by atoms with E-state index in [1.54, 1.807) is 38.1 Å². The molecule has 0 aliphatic carbocycles. The van der Waals surface area contributed by atoms with Gasteiger partial charge in [0.15, 0.2) is 5.60 Å². The summed E-state index contributed by atoms with van der Waals surface area (Å²) in [6.45, 7) is 3.38. The van der Waals surface area contributed by atoms with Crippen LogP contribution in [-0.4, -0.2) is 34.3 Å². The molecular weight excluding hydrogens is 356 g/mol. The normalized spacial score (nSPS) is 16.6. The van der Waals surface area contributed by atoms with Gasteiger partial charge in [-0.05, 0) is 31.0 Å². The smallest absolute Gasteiger partial charge is 0.348 e. The van der Waals surface area contributed by atoms with Gasteiger partial charge in [-0.25, -0.2) is 14.8 Å². The Labute approximate surface area is 170 Å². The number of rotatable bonds is 7. The monoisotopic (exact) mass is 383 g/mol. The third-order valence-electron chi connectivity index (χ3n) is 4.17. The Balaban J connectivity index is 2.40. The first-order valence-electron chi connectivity index (χ1n) is 10.9. The van der Waals surface area contributed by atoms with Gasteiger partial charge in [0.2, 0.25) is 6.10 Å². The molecule has 0 aliphatic heterocycles. The third kappa shape index (κ3) is 3.73. The number of aliphatic carboxylic acids is 1. The summed E-state index contributed by atoms with van der Waals surface area (Å²) in [6.07, 6.45) is -1.91. The summed E-state index contributed by atoms with van der Waals surface area (Å²) < 4.78 is 52.6. The van der Waals surface area contributed by atoms with Crippen molar-refractivity contribution in [1.82, 2.24) is 9.97 Å². The highest BCUT2D eigenvalue weighted by Gasteiger charge is 2.49. The van der Waals surface area contributed by atoms with E-state index in [0.29, 0.717) is 11.4 Å². The van der Waals surface area contributed by atoms with Crippen LogP contribution in [0.1, 0.15) is 29.4 Å². The Kier molecular flexibility index (Phi) is 4.05. The molecule has 3 rings (SSSR count). The maximum absolute atomic E-state index is 12.6. The lowest BCUT2D eigenvalue weighted by Crippen LogP contribution is -2.50. The maximum atomic E-state index is 12.6. The average molecular weight is 383 g/mol. The second kappa shape index (κ2) is 8.19. The van der Waals surface area contributed by atoms with Gasteiger partial charge in [0.05, 0.1) is 6.85 Å². The molecule has 0 aliphatic rings. The van der Waals surface area contributed by atoms with Crippen molar-refractivity contribution in [2.24, 2.45) is 0 Å². The molecule has 0 saturated carbocycles. The number of ether oxygens (including phenoxy) is 2. The van der Waals surface area contributed by atoms with Crippen LogP contribution >= 0.6 is 0 Å².